The number of H-pyrrole nitrogens is 1. The van der Waals surface area contributed by atoms with E-state index in [1.807, 2.05) is 45.0 Å². The van der Waals surface area contributed by atoms with Crippen molar-refractivity contribution in [2.45, 2.75) is 26.5 Å². The predicted octanol–water partition coefficient (Wildman–Crippen LogP) is 4.22. The second-order valence-electron chi connectivity index (χ2n) is 5.69. The molecule has 126 valence electrons. The number of nitrogens with zero attached hydrogens (tertiary/aromatic N) is 1. The SMILES string of the molecule is Cc1cccc(OCCSCc2nc3sc(C)c(C)c3c(=O)[nH]2)c1. The maximum Gasteiger partial charge on any atom is 0.259 e. The zero-order valence-corrected chi connectivity index (χ0v) is 15.6. The minimum absolute atomic E-state index is 0.0338. The fourth-order valence-electron chi connectivity index (χ4n) is 2.46. The zero-order valence-electron chi connectivity index (χ0n) is 14.0. The lowest BCUT2D eigenvalue weighted by Gasteiger charge is -2.06. The molecule has 0 radical (unpaired) electrons. The Balaban J connectivity index is 1.55. The van der Waals surface area contributed by atoms with E-state index in [-0.39, 0.29) is 5.56 Å². The molecule has 1 aromatic carbocycles. The van der Waals surface area contributed by atoms with Crippen molar-refractivity contribution in [3.8, 4) is 5.75 Å². The maximum absolute atomic E-state index is 12.2. The number of benzene rings is 1. The van der Waals surface area contributed by atoms with Crippen LogP contribution in [0.3, 0.4) is 0 Å². The van der Waals surface area contributed by atoms with Crippen molar-refractivity contribution in [3.05, 3.63) is 56.4 Å². The predicted molar refractivity (Wildman–Crippen MR) is 103 cm³/mol. The van der Waals surface area contributed by atoms with Gasteiger partial charge in [-0.3, -0.25) is 4.79 Å². The minimum Gasteiger partial charge on any atom is -0.493 e. The van der Waals surface area contributed by atoms with Crippen LogP contribution < -0.4 is 10.3 Å². The molecule has 4 nitrogen and oxygen atoms in total. The minimum atomic E-state index is -0.0338. The van der Waals surface area contributed by atoms with Crippen molar-refractivity contribution in [1.29, 1.82) is 0 Å². The number of aromatic amines is 1. The van der Waals surface area contributed by atoms with Gasteiger partial charge >= 0.3 is 0 Å². The Hall–Kier alpha value is -1.79. The van der Waals surface area contributed by atoms with Gasteiger partial charge in [0, 0.05) is 10.6 Å². The van der Waals surface area contributed by atoms with E-state index in [0.29, 0.717) is 12.4 Å². The molecule has 0 bridgehead atoms. The molecule has 3 aromatic rings. The number of aromatic nitrogens is 2. The summed E-state index contributed by atoms with van der Waals surface area (Å²) in [6.45, 7) is 6.69. The topological polar surface area (TPSA) is 55.0 Å². The summed E-state index contributed by atoms with van der Waals surface area (Å²) in [4.78, 5) is 21.7. The van der Waals surface area contributed by atoms with Crippen LogP contribution in [0.1, 0.15) is 21.8 Å². The summed E-state index contributed by atoms with van der Waals surface area (Å²) in [5, 5.41) is 0.731. The van der Waals surface area contributed by atoms with E-state index in [2.05, 4.69) is 9.97 Å². The fourth-order valence-corrected chi connectivity index (χ4v) is 4.18. The lowest BCUT2D eigenvalue weighted by Crippen LogP contribution is -2.11. The fraction of sp³-hybridized carbons (Fsp3) is 0.333. The summed E-state index contributed by atoms with van der Waals surface area (Å²) in [6, 6.07) is 8.03. The van der Waals surface area contributed by atoms with E-state index in [9.17, 15) is 4.79 Å². The first kappa shape index (κ1) is 17.0. The Kier molecular flexibility index (Phi) is 5.26. The second kappa shape index (κ2) is 7.40. The summed E-state index contributed by atoms with van der Waals surface area (Å²) in [7, 11) is 0. The summed E-state index contributed by atoms with van der Waals surface area (Å²) in [5.41, 5.74) is 2.19. The molecule has 24 heavy (non-hydrogen) atoms. The highest BCUT2D eigenvalue weighted by Crippen LogP contribution is 2.26. The summed E-state index contributed by atoms with van der Waals surface area (Å²) >= 11 is 3.29. The Morgan fingerprint density at radius 3 is 2.92 bits per heavy atom. The zero-order chi connectivity index (χ0) is 17.1. The molecule has 0 fully saturated rings. The Labute approximate surface area is 149 Å². The van der Waals surface area contributed by atoms with Gasteiger partial charge in [-0.2, -0.15) is 11.8 Å². The molecule has 6 heteroatoms. The normalized spacial score (nSPS) is 11.1. The average Bonchev–Trinajstić information content (AvgIpc) is 2.82. The van der Waals surface area contributed by atoms with Crippen LogP contribution in [0.4, 0.5) is 0 Å². The number of thioether (sulfide) groups is 1. The molecule has 0 saturated heterocycles. The van der Waals surface area contributed by atoms with Crippen LogP contribution in [0.2, 0.25) is 0 Å². The molecular formula is C18H20N2O2S2. The molecule has 0 aliphatic rings. The van der Waals surface area contributed by atoms with E-state index in [0.717, 1.165) is 38.0 Å². The van der Waals surface area contributed by atoms with Crippen LogP contribution in [-0.4, -0.2) is 22.3 Å². The van der Waals surface area contributed by atoms with Gasteiger partial charge in [-0.25, -0.2) is 4.98 Å². The molecular weight excluding hydrogens is 340 g/mol. The number of fused-ring (bicyclic) bond motifs is 1. The molecule has 0 aliphatic heterocycles. The smallest absolute Gasteiger partial charge is 0.259 e. The van der Waals surface area contributed by atoms with E-state index < -0.39 is 0 Å². The number of hydrogen-bond acceptors (Lipinski definition) is 5. The van der Waals surface area contributed by atoms with E-state index >= 15 is 0 Å². The van der Waals surface area contributed by atoms with Crippen molar-refractivity contribution < 1.29 is 4.74 Å². The molecule has 2 heterocycles. The highest BCUT2D eigenvalue weighted by Gasteiger charge is 2.11. The third-order valence-electron chi connectivity index (χ3n) is 3.81. The number of aryl methyl sites for hydroxylation is 3. The van der Waals surface area contributed by atoms with Gasteiger partial charge in [0.25, 0.3) is 5.56 Å². The first-order chi connectivity index (χ1) is 11.5. The summed E-state index contributed by atoms with van der Waals surface area (Å²) in [5.74, 6) is 3.15. The van der Waals surface area contributed by atoms with Crippen LogP contribution in [0.25, 0.3) is 10.2 Å². The van der Waals surface area contributed by atoms with Gasteiger partial charge < -0.3 is 9.72 Å². The van der Waals surface area contributed by atoms with Crippen LogP contribution in [0, 0.1) is 20.8 Å². The Bertz CT molecular complexity index is 915. The number of rotatable bonds is 6. The van der Waals surface area contributed by atoms with Gasteiger partial charge in [0.1, 0.15) is 16.4 Å². The molecule has 2 aromatic heterocycles. The molecule has 1 N–H and O–H groups in total. The Morgan fingerprint density at radius 1 is 1.29 bits per heavy atom. The van der Waals surface area contributed by atoms with Crippen LogP contribution in [-0.2, 0) is 5.75 Å². The number of nitrogens with one attached hydrogen (secondary N) is 1. The van der Waals surface area contributed by atoms with E-state index in [1.54, 1.807) is 23.1 Å². The quantitative estimate of drug-likeness (QED) is 0.669. The van der Waals surface area contributed by atoms with E-state index in [4.69, 9.17) is 4.74 Å². The first-order valence-corrected chi connectivity index (χ1v) is 9.78. The lowest BCUT2D eigenvalue weighted by molar-refractivity contribution is 0.343. The standard InChI is InChI=1S/C18H20N2O2S2/c1-11-5-4-6-14(9-11)22-7-8-23-10-15-19-17(21)16-12(2)13(3)24-18(16)20-15/h4-6,9H,7-8,10H2,1-3H3,(H,19,20,21). The van der Waals surface area contributed by atoms with Crippen LogP contribution in [0.5, 0.6) is 5.75 Å². The largest absolute Gasteiger partial charge is 0.493 e. The molecule has 0 atom stereocenters. The van der Waals surface area contributed by atoms with Crippen molar-refractivity contribution in [3.63, 3.8) is 0 Å². The molecule has 0 saturated carbocycles. The van der Waals surface area contributed by atoms with Gasteiger partial charge in [-0.05, 0) is 44.0 Å². The van der Waals surface area contributed by atoms with Crippen LogP contribution in [0.15, 0.2) is 29.1 Å². The van der Waals surface area contributed by atoms with Gasteiger partial charge in [0.05, 0.1) is 17.7 Å². The van der Waals surface area contributed by atoms with Gasteiger partial charge in [-0.1, -0.05) is 12.1 Å². The third-order valence-corrected chi connectivity index (χ3v) is 5.85. The monoisotopic (exact) mass is 360 g/mol. The second-order valence-corrected chi connectivity index (χ2v) is 8.00. The average molecular weight is 361 g/mol. The highest BCUT2D eigenvalue weighted by molar-refractivity contribution is 7.98. The number of hydrogen-bond donors (Lipinski definition) is 1. The highest BCUT2D eigenvalue weighted by atomic mass is 32.2. The molecule has 0 aliphatic carbocycles. The van der Waals surface area contributed by atoms with Gasteiger partial charge in [-0.15, -0.1) is 11.3 Å². The summed E-state index contributed by atoms with van der Waals surface area (Å²) < 4.78 is 5.73. The van der Waals surface area contributed by atoms with Crippen LogP contribution >= 0.6 is 23.1 Å². The molecule has 0 amide bonds. The molecule has 0 spiro atoms. The van der Waals surface area contributed by atoms with Crippen molar-refractivity contribution in [2.24, 2.45) is 0 Å². The molecule has 0 unspecified atom stereocenters. The first-order valence-electron chi connectivity index (χ1n) is 7.80. The van der Waals surface area contributed by atoms with Crippen molar-refractivity contribution in [1.82, 2.24) is 9.97 Å². The molecule has 3 rings (SSSR count). The summed E-state index contributed by atoms with van der Waals surface area (Å²) in [6.07, 6.45) is 0. The number of thiophene rings is 1. The van der Waals surface area contributed by atoms with Gasteiger partial charge in [0.2, 0.25) is 0 Å². The lowest BCUT2D eigenvalue weighted by atomic mass is 10.2. The number of ether oxygens (including phenoxy) is 1. The Morgan fingerprint density at radius 2 is 2.12 bits per heavy atom. The third kappa shape index (κ3) is 3.82. The van der Waals surface area contributed by atoms with Gasteiger partial charge in [0.15, 0.2) is 0 Å². The van der Waals surface area contributed by atoms with Crippen molar-refractivity contribution >= 4 is 33.3 Å². The van der Waals surface area contributed by atoms with Crippen molar-refractivity contribution in [2.75, 3.05) is 12.4 Å². The maximum atomic E-state index is 12.2. The van der Waals surface area contributed by atoms with E-state index in [1.165, 1.54) is 5.56 Å².